The minimum absolute atomic E-state index is 0.256. The van der Waals surface area contributed by atoms with E-state index in [9.17, 15) is 9.59 Å². The van der Waals surface area contributed by atoms with Crippen LogP contribution in [0.4, 0.5) is 0 Å². The first-order chi connectivity index (χ1) is 8.74. The predicted octanol–water partition coefficient (Wildman–Crippen LogP) is 2.27. The number of carbonyl (C=O) groups excluding carboxylic acids is 2. The van der Waals surface area contributed by atoms with E-state index in [1.165, 1.54) is 12.3 Å². The zero-order valence-electron chi connectivity index (χ0n) is 10.4. The average molecular weight is 247 g/mol. The molecule has 0 saturated heterocycles. The van der Waals surface area contributed by atoms with Crippen LogP contribution in [0.15, 0.2) is 42.6 Å². The summed E-state index contributed by atoms with van der Waals surface area (Å²) in [6.07, 6.45) is 4.32. The minimum atomic E-state index is -0.447. The number of unbranched alkanes of at least 4 members (excludes halogenated alkanes) is 1. The van der Waals surface area contributed by atoms with Crippen molar-refractivity contribution in [3.05, 3.63) is 48.2 Å². The van der Waals surface area contributed by atoms with E-state index in [-0.39, 0.29) is 5.91 Å². The quantitative estimate of drug-likeness (QED) is 0.476. The van der Waals surface area contributed by atoms with Crippen molar-refractivity contribution in [2.75, 3.05) is 6.61 Å². The SMILES string of the molecule is CCCCOC(=O)/C=C/NC(=O)c1ccccc1. The van der Waals surface area contributed by atoms with Crippen LogP contribution in [0.3, 0.4) is 0 Å². The van der Waals surface area contributed by atoms with Gasteiger partial charge in [0.1, 0.15) is 0 Å². The number of hydrogen-bond donors (Lipinski definition) is 1. The first-order valence-electron chi connectivity index (χ1n) is 5.93. The first-order valence-corrected chi connectivity index (χ1v) is 5.93. The number of benzene rings is 1. The van der Waals surface area contributed by atoms with Crippen molar-refractivity contribution in [2.45, 2.75) is 19.8 Å². The Morgan fingerprint density at radius 3 is 2.67 bits per heavy atom. The normalized spacial score (nSPS) is 10.3. The second-order valence-electron chi connectivity index (χ2n) is 3.69. The first kappa shape index (κ1) is 14.0. The van der Waals surface area contributed by atoms with E-state index in [0.717, 1.165) is 12.8 Å². The third kappa shape index (κ3) is 5.30. The van der Waals surface area contributed by atoms with Crippen LogP contribution in [0.2, 0.25) is 0 Å². The number of hydrogen-bond acceptors (Lipinski definition) is 3. The molecule has 4 heteroatoms. The maximum atomic E-state index is 11.6. The summed E-state index contributed by atoms with van der Waals surface area (Å²) >= 11 is 0. The zero-order chi connectivity index (χ0) is 13.2. The van der Waals surface area contributed by atoms with Crippen LogP contribution in [0.25, 0.3) is 0 Å². The van der Waals surface area contributed by atoms with Gasteiger partial charge in [0.2, 0.25) is 0 Å². The van der Waals surface area contributed by atoms with Gasteiger partial charge < -0.3 is 10.1 Å². The van der Waals surface area contributed by atoms with Crippen molar-refractivity contribution in [3.63, 3.8) is 0 Å². The lowest BCUT2D eigenvalue weighted by molar-refractivity contribution is -0.137. The van der Waals surface area contributed by atoms with Crippen LogP contribution in [-0.2, 0) is 9.53 Å². The van der Waals surface area contributed by atoms with Crippen LogP contribution in [0.5, 0.6) is 0 Å². The van der Waals surface area contributed by atoms with Crippen molar-refractivity contribution in [2.24, 2.45) is 0 Å². The smallest absolute Gasteiger partial charge is 0.332 e. The second-order valence-corrected chi connectivity index (χ2v) is 3.69. The molecular weight excluding hydrogens is 230 g/mol. The fourth-order valence-electron chi connectivity index (χ4n) is 1.22. The summed E-state index contributed by atoms with van der Waals surface area (Å²) in [5.74, 6) is -0.704. The molecule has 0 atom stereocenters. The molecule has 1 rings (SSSR count). The van der Waals surface area contributed by atoms with Gasteiger partial charge in [-0.3, -0.25) is 4.79 Å². The highest BCUT2D eigenvalue weighted by molar-refractivity contribution is 5.95. The van der Waals surface area contributed by atoms with Crippen molar-refractivity contribution in [3.8, 4) is 0 Å². The molecule has 0 heterocycles. The lowest BCUT2D eigenvalue weighted by Gasteiger charge is -2.00. The molecule has 1 N–H and O–H groups in total. The summed E-state index contributed by atoms with van der Waals surface area (Å²) in [5.41, 5.74) is 0.543. The third-order valence-electron chi connectivity index (χ3n) is 2.21. The average Bonchev–Trinajstić information content (AvgIpc) is 2.40. The van der Waals surface area contributed by atoms with Crippen LogP contribution >= 0.6 is 0 Å². The summed E-state index contributed by atoms with van der Waals surface area (Å²) in [7, 11) is 0. The van der Waals surface area contributed by atoms with Gasteiger partial charge in [0, 0.05) is 17.8 Å². The number of amides is 1. The fraction of sp³-hybridized carbons (Fsp3) is 0.286. The number of carbonyl (C=O) groups is 2. The number of nitrogens with one attached hydrogen (secondary N) is 1. The largest absolute Gasteiger partial charge is 0.462 e. The van der Waals surface area contributed by atoms with Crippen molar-refractivity contribution in [1.29, 1.82) is 0 Å². The molecule has 0 saturated carbocycles. The van der Waals surface area contributed by atoms with Crippen molar-refractivity contribution in [1.82, 2.24) is 5.32 Å². The molecule has 18 heavy (non-hydrogen) atoms. The summed E-state index contributed by atoms with van der Waals surface area (Å²) in [4.78, 5) is 22.7. The highest BCUT2D eigenvalue weighted by atomic mass is 16.5. The minimum Gasteiger partial charge on any atom is -0.462 e. The van der Waals surface area contributed by atoms with Gasteiger partial charge in [-0.25, -0.2) is 4.79 Å². The van der Waals surface area contributed by atoms with Gasteiger partial charge in [0.15, 0.2) is 0 Å². The second kappa shape index (κ2) is 8.06. The molecule has 0 bridgehead atoms. The van der Waals surface area contributed by atoms with E-state index in [1.807, 2.05) is 13.0 Å². The van der Waals surface area contributed by atoms with Gasteiger partial charge in [-0.15, -0.1) is 0 Å². The van der Waals surface area contributed by atoms with E-state index in [2.05, 4.69) is 5.32 Å². The molecular formula is C14H17NO3. The predicted molar refractivity (Wildman–Crippen MR) is 68.9 cm³/mol. The van der Waals surface area contributed by atoms with E-state index in [1.54, 1.807) is 24.3 Å². The van der Waals surface area contributed by atoms with E-state index in [0.29, 0.717) is 12.2 Å². The molecule has 1 aromatic rings. The van der Waals surface area contributed by atoms with Gasteiger partial charge >= 0.3 is 5.97 Å². The molecule has 1 aromatic carbocycles. The molecule has 0 aromatic heterocycles. The summed E-state index contributed by atoms with van der Waals surface area (Å²) < 4.78 is 4.89. The number of esters is 1. The lowest BCUT2D eigenvalue weighted by Crippen LogP contribution is -2.17. The van der Waals surface area contributed by atoms with E-state index >= 15 is 0 Å². The maximum absolute atomic E-state index is 11.6. The van der Waals surface area contributed by atoms with Gasteiger partial charge in [-0.1, -0.05) is 31.5 Å². The van der Waals surface area contributed by atoms with Gasteiger partial charge in [0.25, 0.3) is 5.91 Å². The van der Waals surface area contributed by atoms with E-state index < -0.39 is 5.97 Å². The van der Waals surface area contributed by atoms with E-state index in [4.69, 9.17) is 4.74 Å². The summed E-state index contributed by atoms with van der Waals surface area (Å²) in [5, 5.41) is 2.50. The van der Waals surface area contributed by atoms with Crippen LogP contribution in [-0.4, -0.2) is 18.5 Å². The molecule has 0 unspecified atom stereocenters. The third-order valence-corrected chi connectivity index (χ3v) is 2.21. The molecule has 96 valence electrons. The monoisotopic (exact) mass is 247 g/mol. The molecule has 0 aliphatic carbocycles. The maximum Gasteiger partial charge on any atom is 0.332 e. The molecule has 4 nitrogen and oxygen atoms in total. The van der Waals surface area contributed by atoms with Crippen LogP contribution in [0.1, 0.15) is 30.1 Å². The topological polar surface area (TPSA) is 55.4 Å². The molecule has 0 fully saturated rings. The Bertz CT molecular complexity index is 412. The summed E-state index contributed by atoms with van der Waals surface area (Å²) in [6, 6.07) is 8.78. The van der Waals surface area contributed by atoms with Gasteiger partial charge in [-0.05, 0) is 18.6 Å². The number of ether oxygens (including phenoxy) is 1. The molecule has 1 amide bonds. The van der Waals surface area contributed by atoms with Crippen LogP contribution < -0.4 is 5.32 Å². The van der Waals surface area contributed by atoms with Crippen molar-refractivity contribution >= 4 is 11.9 Å². The lowest BCUT2D eigenvalue weighted by atomic mass is 10.2. The van der Waals surface area contributed by atoms with Gasteiger partial charge in [0.05, 0.1) is 6.61 Å². The summed E-state index contributed by atoms with van der Waals surface area (Å²) in [6.45, 7) is 2.43. The van der Waals surface area contributed by atoms with Gasteiger partial charge in [-0.2, -0.15) is 0 Å². The molecule has 0 aliphatic rings. The Kier molecular flexibility index (Phi) is 6.25. The molecule has 0 radical (unpaired) electrons. The molecule has 0 aliphatic heterocycles. The fourth-order valence-corrected chi connectivity index (χ4v) is 1.22. The Morgan fingerprint density at radius 1 is 1.28 bits per heavy atom. The standard InChI is InChI=1S/C14H17NO3/c1-2-3-11-18-13(16)9-10-15-14(17)12-7-5-4-6-8-12/h4-10H,2-3,11H2,1H3,(H,15,17)/b10-9+. The van der Waals surface area contributed by atoms with Crippen LogP contribution in [0, 0.1) is 0 Å². The molecule has 0 spiro atoms. The highest BCUT2D eigenvalue weighted by Gasteiger charge is 2.01. The Labute approximate surface area is 107 Å². The Hall–Kier alpha value is -2.10. The Balaban J connectivity index is 2.32. The zero-order valence-corrected chi connectivity index (χ0v) is 10.4. The Morgan fingerprint density at radius 2 is 2.00 bits per heavy atom. The number of rotatable bonds is 6. The van der Waals surface area contributed by atoms with Crippen molar-refractivity contribution < 1.29 is 14.3 Å². The highest BCUT2D eigenvalue weighted by Crippen LogP contribution is 1.97.